The molecular formula is C19H17N7O3S. The van der Waals surface area contributed by atoms with Crippen LogP contribution in [0.15, 0.2) is 59.4 Å². The highest BCUT2D eigenvalue weighted by atomic mass is 32.2. The van der Waals surface area contributed by atoms with Gasteiger partial charge in [0.25, 0.3) is 5.56 Å². The van der Waals surface area contributed by atoms with Crippen molar-refractivity contribution in [1.29, 1.82) is 0 Å². The summed E-state index contributed by atoms with van der Waals surface area (Å²) < 4.78 is 26.7. The van der Waals surface area contributed by atoms with Crippen molar-refractivity contribution in [3.63, 3.8) is 0 Å². The number of aryl methyl sites for hydroxylation is 1. The molecule has 4 aromatic heterocycles. The smallest absolute Gasteiger partial charge is 0.267 e. The summed E-state index contributed by atoms with van der Waals surface area (Å²) in [4.78, 5) is 34.0. The summed E-state index contributed by atoms with van der Waals surface area (Å²) in [6, 6.07) is 5.17. The number of sulfone groups is 1. The largest absolute Gasteiger partial charge is 0.278 e. The van der Waals surface area contributed by atoms with E-state index in [1.165, 1.54) is 15.6 Å². The van der Waals surface area contributed by atoms with Crippen molar-refractivity contribution < 1.29 is 8.42 Å². The molecule has 0 atom stereocenters. The van der Waals surface area contributed by atoms with E-state index in [0.717, 1.165) is 11.8 Å². The van der Waals surface area contributed by atoms with Crippen LogP contribution in [0.25, 0.3) is 28.4 Å². The summed E-state index contributed by atoms with van der Waals surface area (Å²) in [5.74, 6) is 0.770. The minimum atomic E-state index is -3.67. The van der Waals surface area contributed by atoms with E-state index in [1.807, 2.05) is 6.92 Å². The molecule has 152 valence electrons. The van der Waals surface area contributed by atoms with Crippen molar-refractivity contribution in [2.45, 2.75) is 18.6 Å². The molecule has 11 heteroatoms. The molecule has 0 aliphatic carbocycles. The van der Waals surface area contributed by atoms with Gasteiger partial charge in [-0.3, -0.25) is 4.79 Å². The molecule has 4 rings (SSSR count). The van der Waals surface area contributed by atoms with Crippen LogP contribution >= 0.6 is 0 Å². The number of nitrogens with zero attached hydrogens (tertiary/aromatic N) is 7. The average Bonchev–Trinajstić information content (AvgIpc) is 3.00. The first-order valence-electron chi connectivity index (χ1n) is 8.85. The highest BCUT2D eigenvalue weighted by Crippen LogP contribution is 2.19. The molecule has 0 aliphatic rings. The van der Waals surface area contributed by atoms with Crippen LogP contribution in [0.4, 0.5) is 0 Å². The quantitative estimate of drug-likeness (QED) is 0.348. The molecule has 0 unspecified atom stereocenters. The van der Waals surface area contributed by atoms with Crippen molar-refractivity contribution in [2.75, 3.05) is 6.26 Å². The predicted molar refractivity (Wildman–Crippen MR) is 110 cm³/mol. The molecule has 0 saturated heterocycles. The van der Waals surface area contributed by atoms with Crippen LogP contribution in [-0.4, -0.2) is 49.0 Å². The lowest BCUT2D eigenvalue weighted by Gasteiger charge is -2.11. The Labute approximate surface area is 171 Å². The fourth-order valence-corrected chi connectivity index (χ4v) is 3.40. The summed E-state index contributed by atoms with van der Waals surface area (Å²) in [5, 5.41) is -0.208. The molecule has 4 aromatic rings. The summed E-state index contributed by atoms with van der Waals surface area (Å²) in [6.07, 6.45) is 7.13. The minimum absolute atomic E-state index is 0.131. The van der Waals surface area contributed by atoms with Crippen LogP contribution in [0.1, 0.15) is 5.56 Å². The zero-order valence-electron chi connectivity index (χ0n) is 16.2. The first-order valence-corrected chi connectivity index (χ1v) is 10.7. The van der Waals surface area contributed by atoms with Crippen LogP contribution in [0, 0.1) is 6.92 Å². The number of fused-ring (bicyclic) bond motifs is 1. The van der Waals surface area contributed by atoms with E-state index in [1.54, 1.807) is 36.7 Å². The van der Waals surface area contributed by atoms with Crippen LogP contribution in [0.2, 0.25) is 0 Å². The second kappa shape index (κ2) is 7.26. The minimum Gasteiger partial charge on any atom is -0.267 e. The van der Waals surface area contributed by atoms with Crippen LogP contribution < -0.4 is 5.56 Å². The second-order valence-electron chi connectivity index (χ2n) is 6.61. The molecule has 0 N–H and O–H groups in total. The Bertz CT molecular complexity index is 1440. The second-order valence-corrected chi connectivity index (χ2v) is 8.52. The topological polar surface area (TPSA) is 126 Å². The number of aromatic nitrogens is 7. The Hall–Kier alpha value is -3.73. The van der Waals surface area contributed by atoms with Gasteiger partial charge >= 0.3 is 0 Å². The normalized spacial score (nSPS) is 11.7. The first-order chi connectivity index (χ1) is 14.3. The zero-order chi connectivity index (χ0) is 21.5. The van der Waals surface area contributed by atoms with Gasteiger partial charge in [0.1, 0.15) is 11.1 Å². The Morgan fingerprint density at radius 3 is 2.50 bits per heavy atom. The molecule has 0 saturated carbocycles. The van der Waals surface area contributed by atoms with Gasteiger partial charge in [-0.05, 0) is 24.6 Å². The van der Waals surface area contributed by atoms with Gasteiger partial charge in [0.05, 0.1) is 6.54 Å². The molecule has 0 aromatic carbocycles. The number of hydrogen-bond donors (Lipinski definition) is 0. The average molecular weight is 423 g/mol. The SMILES string of the molecule is C=CCn1c(=O)c2cnc(S(C)(=O)=O)nc2n1-c1cccc(-c2ncc(C)cn2)n1. The number of hydrogen-bond acceptors (Lipinski definition) is 8. The summed E-state index contributed by atoms with van der Waals surface area (Å²) in [6.45, 7) is 5.73. The summed E-state index contributed by atoms with van der Waals surface area (Å²) in [7, 11) is -3.67. The van der Waals surface area contributed by atoms with E-state index in [4.69, 9.17) is 0 Å². The van der Waals surface area contributed by atoms with Crippen molar-refractivity contribution in [3.05, 3.63) is 65.4 Å². The maximum atomic E-state index is 12.9. The molecule has 0 amide bonds. The molecule has 30 heavy (non-hydrogen) atoms. The maximum absolute atomic E-state index is 12.9. The fraction of sp³-hybridized carbons (Fsp3) is 0.158. The van der Waals surface area contributed by atoms with E-state index in [9.17, 15) is 13.2 Å². The van der Waals surface area contributed by atoms with E-state index in [2.05, 4.69) is 31.5 Å². The van der Waals surface area contributed by atoms with Crippen LogP contribution in [-0.2, 0) is 16.4 Å². The van der Waals surface area contributed by atoms with E-state index in [-0.39, 0.29) is 28.3 Å². The highest BCUT2D eigenvalue weighted by Gasteiger charge is 2.21. The molecule has 0 aliphatic heterocycles. The van der Waals surface area contributed by atoms with Gasteiger partial charge in [-0.2, -0.15) is 4.98 Å². The molecule has 0 bridgehead atoms. The van der Waals surface area contributed by atoms with E-state index >= 15 is 0 Å². The third kappa shape index (κ3) is 3.39. The summed E-state index contributed by atoms with van der Waals surface area (Å²) in [5.41, 5.74) is 1.15. The Morgan fingerprint density at radius 2 is 1.83 bits per heavy atom. The van der Waals surface area contributed by atoms with Crippen molar-refractivity contribution in [3.8, 4) is 17.3 Å². The Kier molecular flexibility index (Phi) is 4.74. The third-order valence-corrected chi connectivity index (χ3v) is 5.11. The molecule has 0 radical (unpaired) electrons. The lowest BCUT2D eigenvalue weighted by atomic mass is 10.3. The van der Waals surface area contributed by atoms with Crippen molar-refractivity contribution >= 4 is 20.9 Å². The number of pyridine rings is 1. The molecule has 10 nitrogen and oxygen atoms in total. The van der Waals surface area contributed by atoms with Gasteiger partial charge in [0, 0.05) is 24.8 Å². The van der Waals surface area contributed by atoms with E-state index < -0.39 is 9.84 Å². The molecular weight excluding hydrogens is 406 g/mol. The number of rotatable bonds is 5. The van der Waals surface area contributed by atoms with E-state index in [0.29, 0.717) is 17.3 Å². The van der Waals surface area contributed by atoms with Gasteiger partial charge in [0.15, 0.2) is 17.3 Å². The van der Waals surface area contributed by atoms with Gasteiger partial charge < -0.3 is 0 Å². The van der Waals surface area contributed by atoms with Crippen LogP contribution in [0.3, 0.4) is 0 Å². The Balaban J connectivity index is 2.00. The van der Waals surface area contributed by atoms with Gasteiger partial charge in [-0.25, -0.2) is 37.7 Å². The fourth-order valence-electron chi connectivity index (χ4n) is 2.90. The van der Waals surface area contributed by atoms with Gasteiger partial charge in [-0.15, -0.1) is 6.58 Å². The Morgan fingerprint density at radius 1 is 1.10 bits per heavy atom. The predicted octanol–water partition coefficient (Wildman–Crippen LogP) is 1.33. The number of allylic oxidation sites excluding steroid dienone is 1. The van der Waals surface area contributed by atoms with Crippen molar-refractivity contribution in [1.82, 2.24) is 34.3 Å². The maximum Gasteiger partial charge on any atom is 0.278 e. The van der Waals surface area contributed by atoms with Crippen LogP contribution in [0.5, 0.6) is 0 Å². The summed E-state index contributed by atoms with van der Waals surface area (Å²) >= 11 is 0. The van der Waals surface area contributed by atoms with Gasteiger partial charge in [-0.1, -0.05) is 12.1 Å². The first kappa shape index (κ1) is 19.6. The standard InChI is InChI=1S/C19H17N7O3S/c1-4-8-25-18(27)13-11-22-19(30(3,28)29)24-17(13)26(25)15-7-5-6-14(23-15)16-20-9-12(2)10-21-16/h4-7,9-11H,1,8H2,2-3H3. The molecule has 4 heterocycles. The highest BCUT2D eigenvalue weighted by molar-refractivity contribution is 7.90. The zero-order valence-corrected chi connectivity index (χ0v) is 17.0. The lowest BCUT2D eigenvalue weighted by Crippen LogP contribution is -2.22. The molecule has 0 fully saturated rings. The molecule has 0 spiro atoms. The lowest BCUT2D eigenvalue weighted by molar-refractivity contribution is 0.587. The monoisotopic (exact) mass is 423 g/mol. The third-order valence-electron chi connectivity index (χ3n) is 4.25. The van der Waals surface area contributed by atoms with Gasteiger partial charge in [0.2, 0.25) is 15.0 Å². The van der Waals surface area contributed by atoms with Crippen molar-refractivity contribution in [2.24, 2.45) is 0 Å².